The lowest BCUT2D eigenvalue weighted by Gasteiger charge is -2.17. The molecule has 2 atom stereocenters. The number of nitrogens with one attached hydrogen (secondary N) is 1. The molecule has 2 unspecified atom stereocenters. The molecule has 0 bridgehead atoms. The van der Waals surface area contributed by atoms with Gasteiger partial charge in [0.1, 0.15) is 5.78 Å². The summed E-state index contributed by atoms with van der Waals surface area (Å²) < 4.78 is 5.35. The maximum atomic E-state index is 11.7. The number of hydrogen-bond donors (Lipinski definition) is 1. The third-order valence-electron chi connectivity index (χ3n) is 2.65. The average molecular weight is 199 g/mol. The molecule has 0 aromatic carbocycles. The van der Waals surface area contributed by atoms with E-state index in [9.17, 15) is 4.79 Å². The highest BCUT2D eigenvalue weighted by molar-refractivity contribution is 5.82. The van der Waals surface area contributed by atoms with Gasteiger partial charge in [-0.05, 0) is 19.4 Å². The minimum atomic E-state index is 0.0986. The molecule has 14 heavy (non-hydrogen) atoms. The predicted molar refractivity (Wildman–Crippen MR) is 56.3 cm³/mol. The zero-order valence-electron chi connectivity index (χ0n) is 9.21. The van der Waals surface area contributed by atoms with E-state index in [0.717, 1.165) is 19.4 Å². The van der Waals surface area contributed by atoms with Crippen molar-refractivity contribution >= 4 is 5.78 Å². The maximum absolute atomic E-state index is 11.7. The van der Waals surface area contributed by atoms with Crippen LogP contribution < -0.4 is 5.32 Å². The number of carbonyl (C=O) groups is 1. The molecule has 1 fully saturated rings. The first-order valence-electron chi connectivity index (χ1n) is 5.63. The number of carbonyl (C=O) groups excluding carboxylic acids is 1. The van der Waals surface area contributed by atoms with Crippen molar-refractivity contribution in [3.05, 3.63) is 0 Å². The highest BCUT2D eigenvalue weighted by Crippen LogP contribution is 2.17. The van der Waals surface area contributed by atoms with Crippen LogP contribution in [0.25, 0.3) is 0 Å². The minimum absolute atomic E-state index is 0.0986. The molecule has 1 saturated heterocycles. The van der Waals surface area contributed by atoms with E-state index < -0.39 is 0 Å². The van der Waals surface area contributed by atoms with Crippen molar-refractivity contribution < 1.29 is 9.53 Å². The second-order valence-electron chi connectivity index (χ2n) is 3.92. The second-order valence-corrected chi connectivity index (χ2v) is 3.92. The van der Waals surface area contributed by atoms with E-state index in [-0.39, 0.29) is 12.0 Å². The Kier molecular flexibility index (Phi) is 5.12. The van der Waals surface area contributed by atoms with Crippen LogP contribution >= 0.6 is 0 Å². The van der Waals surface area contributed by atoms with E-state index in [1.54, 1.807) is 0 Å². The fraction of sp³-hybridized carbons (Fsp3) is 0.909. The summed E-state index contributed by atoms with van der Waals surface area (Å²) in [4.78, 5) is 11.7. The van der Waals surface area contributed by atoms with Crippen molar-refractivity contribution in [2.24, 2.45) is 5.92 Å². The summed E-state index contributed by atoms with van der Waals surface area (Å²) in [6.45, 7) is 6.46. The van der Waals surface area contributed by atoms with Gasteiger partial charge in [-0.2, -0.15) is 0 Å². The molecule has 1 heterocycles. The van der Waals surface area contributed by atoms with Crippen molar-refractivity contribution in [3.8, 4) is 0 Å². The molecule has 1 N–H and O–H groups in total. The molecule has 1 rings (SSSR count). The quantitative estimate of drug-likeness (QED) is 0.702. The summed E-state index contributed by atoms with van der Waals surface area (Å²) in [6.07, 6.45) is 2.74. The summed E-state index contributed by atoms with van der Waals surface area (Å²) in [7, 11) is 0. The Morgan fingerprint density at radius 3 is 2.79 bits per heavy atom. The lowest BCUT2D eigenvalue weighted by Crippen LogP contribution is -2.39. The normalized spacial score (nSPS) is 26.7. The zero-order valence-corrected chi connectivity index (χ0v) is 9.21. The first-order chi connectivity index (χ1) is 6.79. The van der Waals surface area contributed by atoms with Gasteiger partial charge in [-0.3, -0.25) is 4.79 Å². The van der Waals surface area contributed by atoms with Gasteiger partial charge < -0.3 is 10.1 Å². The fourth-order valence-corrected chi connectivity index (χ4v) is 1.83. The lowest BCUT2D eigenvalue weighted by atomic mass is 9.95. The van der Waals surface area contributed by atoms with Crippen LogP contribution in [0, 0.1) is 5.92 Å². The van der Waals surface area contributed by atoms with Gasteiger partial charge >= 0.3 is 0 Å². The van der Waals surface area contributed by atoms with Gasteiger partial charge in [0.05, 0.1) is 19.1 Å². The Bertz CT molecular complexity index is 182. The SMILES string of the molecule is CCCNC1COCC1C(=O)CCC. The highest BCUT2D eigenvalue weighted by Gasteiger charge is 2.32. The molecule has 0 saturated carbocycles. The van der Waals surface area contributed by atoms with Gasteiger partial charge in [0.25, 0.3) is 0 Å². The van der Waals surface area contributed by atoms with E-state index in [1.807, 2.05) is 6.92 Å². The number of ketones is 1. The zero-order chi connectivity index (χ0) is 10.4. The molecule has 0 radical (unpaired) electrons. The number of Topliss-reactive ketones (excluding diaryl/α,β-unsaturated/α-hetero) is 1. The number of hydrogen-bond acceptors (Lipinski definition) is 3. The molecular weight excluding hydrogens is 178 g/mol. The predicted octanol–water partition coefficient (Wildman–Crippen LogP) is 1.37. The molecule has 0 spiro atoms. The summed E-state index contributed by atoms with van der Waals surface area (Å²) in [5, 5.41) is 3.37. The molecule has 0 aliphatic carbocycles. The van der Waals surface area contributed by atoms with Crippen molar-refractivity contribution in [2.45, 2.75) is 39.2 Å². The van der Waals surface area contributed by atoms with E-state index in [1.165, 1.54) is 0 Å². The van der Waals surface area contributed by atoms with E-state index in [2.05, 4.69) is 12.2 Å². The van der Waals surface area contributed by atoms with E-state index >= 15 is 0 Å². The molecule has 0 amide bonds. The third kappa shape index (κ3) is 3.07. The van der Waals surface area contributed by atoms with Crippen LogP contribution in [0.15, 0.2) is 0 Å². The summed E-state index contributed by atoms with van der Waals surface area (Å²) in [5.74, 6) is 0.458. The van der Waals surface area contributed by atoms with Gasteiger partial charge in [-0.25, -0.2) is 0 Å². The smallest absolute Gasteiger partial charge is 0.139 e. The Morgan fingerprint density at radius 1 is 1.36 bits per heavy atom. The van der Waals surface area contributed by atoms with Crippen LogP contribution in [0.1, 0.15) is 33.1 Å². The van der Waals surface area contributed by atoms with Crippen LogP contribution in [0.4, 0.5) is 0 Å². The van der Waals surface area contributed by atoms with Gasteiger partial charge in [-0.1, -0.05) is 13.8 Å². The van der Waals surface area contributed by atoms with Crippen LogP contribution in [0.2, 0.25) is 0 Å². The van der Waals surface area contributed by atoms with Crippen LogP contribution in [-0.4, -0.2) is 31.6 Å². The maximum Gasteiger partial charge on any atom is 0.139 e. The molecule has 1 aliphatic rings. The average Bonchev–Trinajstić information content (AvgIpc) is 2.63. The van der Waals surface area contributed by atoms with Crippen LogP contribution in [0.5, 0.6) is 0 Å². The summed E-state index contributed by atoms with van der Waals surface area (Å²) in [6, 6.07) is 0.258. The van der Waals surface area contributed by atoms with E-state index in [0.29, 0.717) is 25.4 Å². The first kappa shape index (κ1) is 11.7. The van der Waals surface area contributed by atoms with E-state index in [4.69, 9.17) is 4.74 Å². The molecule has 1 aliphatic heterocycles. The molecule has 3 nitrogen and oxygen atoms in total. The molecule has 0 aromatic heterocycles. The minimum Gasteiger partial charge on any atom is -0.379 e. The van der Waals surface area contributed by atoms with Crippen molar-refractivity contribution in [1.82, 2.24) is 5.32 Å². The molecule has 3 heteroatoms. The largest absolute Gasteiger partial charge is 0.379 e. The standard InChI is InChI=1S/C11H21NO2/c1-3-5-11(13)9-7-14-8-10(9)12-6-4-2/h9-10,12H,3-8H2,1-2H3. The van der Waals surface area contributed by atoms with Crippen LogP contribution in [-0.2, 0) is 9.53 Å². The monoisotopic (exact) mass is 199 g/mol. The van der Waals surface area contributed by atoms with Crippen LogP contribution in [0.3, 0.4) is 0 Å². The number of rotatable bonds is 6. The summed E-state index contributed by atoms with van der Waals surface area (Å²) in [5.41, 5.74) is 0. The van der Waals surface area contributed by atoms with Gasteiger partial charge in [0.2, 0.25) is 0 Å². The Labute approximate surface area is 86.2 Å². The third-order valence-corrected chi connectivity index (χ3v) is 2.65. The lowest BCUT2D eigenvalue weighted by molar-refractivity contribution is -0.123. The van der Waals surface area contributed by atoms with Gasteiger partial charge in [0, 0.05) is 12.5 Å². The fourth-order valence-electron chi connectivity index (χ4n) is 1.83. The highest BCUT2D eigenvalue weighted by atomic mass is 16.5. The van der Waals surface area contributed by atoms with Crippen molar-refractivity contribution in [2.75, 3.05) is 19.8 Å². The van der Waals surface area contributed by atoms with Gasteiger partial charge in [-0.15, -0.1) is 0 Å². The first-order valence-corrected chi connectivity index (χ1v) is 5.63. The summed E-state index contributed by atoms with van der Waals surface area (Å²) >= 11 is 0. The Balaban J connectivity index is 2.38. The molecule has 0 aromatic rings. The Hall–Kier alpha value is -0.410. The molecule has 82 valence electrons. The van der Waals surface area contributed by atoms with Gasteiger partial charge in [0.15, 0.2) is 0 Å². The topological polar surface area (TPSA) is 38.3 Å². The van der Waals surface area contributed by atoms with Crippen molar-refractivity contribution in [1.29, 1.82) is 0 Å². The Morgan fingerprint density at radius 2 is 2.14 bits per heavy atom. The van der Waals surface area contributed by atoms with Crippen molar-refractivity contribution in [3.63, 3.8) is 0 Å². The number of ether oxygens (including phenoxy) is 1. The molecular formula is C11H21NO2. The second kappa shape index (κ2) is 6.14.